The Labute approximate surface area is 110 Å². The van der Waals surface area contributed by atoms with Crippen LogP contribution in [0, 0.1) is 26.7 Å². The maximum Gasteiger partial charge on any atom is 0.220 e. The summed E-state index contributed by atoms with van der Waals surface area (Å²) >= 11 is 0. The first kappa shape index (κ1) is 14.7. The van der Waals surface area contributed by atoms with Gasteiger partial charge in [-0.3, -0.25) is 4.79 Å². The Morgan fingerprint density at radius 3 is 2.44 bits per heavy atom. The third kappa shape index (κ3) is 4.15. The molecule has 18 heavy (non-hydrogen) atoms. The van der Waals surface area contributed by atoms with Gasteiger partial charge >= 0.3 is 0 Å². The fourth-order valence-electron chi connectivity index (χ4n) is 1.88. The van der Waals surface area contributed by atoms with Crippen LogP contribution in [0.15, 0.2) is 12.1 Å². The van der Waals surface area contributed by atoms with Crippen LogP contribution < -0.4 is 11.1 Å². The first-order valence-electron chi connectivity index (χ1n) is 6.47. The lowest BCUT2D eigenvalue weighted by Gasteiger charge is -2.12. The minimum Gasteiger partial charge on any atom is -0.352 e. The van der Waals surface area contributed by atoms with Gasteiger partial charge in [-0.25, -0.2) is 0 Å². The number of aryl methyl sites for hydroxylation is 3. The van der Waals surface area contributed by atoms with Gasteiger partial charge in [-0.1, -0.05) is 19.1 Å². The van der Waals surface area contributed by atoms with E-state index < -0.39 is 0 Å². The Hall–Kier alpha value is -1.35. The molecule has 1 atom stereocenters. The average Bonchev–Trinajstić information content (AvgIpc) is 2.32. The summed E-state index contributed by atoms with van der Waals surface area (Å²) in [4.78, 5) is 11.7. The summed E-state index contributed by atoms with van der Waals surface area (Å²) in [5.74, 6) is 0.316. The van der Waals surface area contributed by atoms with E-state index in [2.05, 4.69) is 38.2 Å². The molecule has 1 rings (SSSR count). The number of carbonyl (C=O) groups excluding carboxylic acids is 1. The third-order valence-electron chi connectivity index (χ3n) is 3.36. The summed E-state index contributed by atoms with van der Waals surface area (Å²) in [5.41, 5.74) is 10.5. The highest BCUT2D eigenvalue weighted by Crippen LogP contribution is 2.15. The molecular weight excluding hydrogens is 224 g/mol. The van der Waals surface area contributed by atoms with Gasteiger partial charge in [-0.2, -0.15) is 0 Å². The maximum atomic E-state index is 11.7. The van der Waals surface area contributed by atoms with Crippen LogP contribution in [0.4, 0.5) is 0 Å². The van der Waals surface area contributed by atoms with Crippen molar-refractivity contribution in [3.63, 3.8) is 0 Å². The number of amides is 1. The van der Waals surface area contributed by atoms with Gasteiger partial charge in [0.05, 0.1) is 0 Å². The number of hydrogen-bond acceptors (Lipinski definition) is 2. The summed E-state index contributed by atoms with van der Waals surface area (Å²) in [5, 5.41) is 2.96. The van der Waals surface area contributed by atoms with E-state index in [1.807, 2.05) is 6.92 Å². The van der Waals surface area contributed by atoms with E-state index in [1.54, 1.807) is 0 Å². The van der Waals surface area contributed by atoms with E-state index in [0.717, 1.165) is 0 Å². The van der Waals surface area contributed by atoms with Gasteiger partial charge in [0.1, 0.15) is 0 Å². The van der Waals surface area contributed by atoms with E-state index >= 15 is 0 Å². The van der Waals surface area contributed by atoms with E-state index in [4.69, 9.17) is 5.73 Å². The average molecular weight is 248 g/mol. The molecule has 100 valence electrons. The largest absolute Gasteiger partial charge is 0.352 e. The Kier molecular flexibility index (Phi) is 5.35. The quantitative estimate of drug-likeness (QED) is 0.839. The normalized spacial score (nSPS) is 12.3. The first-order valence-corrected chi connectivity index (χ1v) is 6.47. The summed E-state index contributed by atoms with van der Waals surface area (Å²) in [6, 6.07) is 4.32. The molecule has 0 aliphatic rings. The molecule has 1 unspecified atom stereocenters. The van der Waals surface area contributed by atoms with E-state index in [1.165, 1.54) is 22.3 Å². The van der Waals surface area contributed by atoms with Crippen molar-refractivity contribution in [2.45, 2.75) is 40.7 Å². The molecule has 0 spiro atoms. The smallest absolute Gasteiger partial charge is 0.220 e. The fraction of sp³-hybridized carbons (Fsp3) is 0.533. The minimum absolute atomic E-state index is 0.0746. The Morgan fingerprint density at radius 1 is 1.22 bits per heavy atom. The molecular formula is C15H24N2O. The number of nitrogens with two attached hydrogens (primary N) is 1. The Morgan fingerprint density at radius 2 is 1.83 bits per heavy atom. The second-order valence-electron chi connectivity index (χ2n) is 5.18. The Balaban J connectivity index is 2.58. The molecule has 0 saturated carbocycles. The summed E-state index contributed by atoms with van der Waals surface area (Å²) in [7, 11) is 0. The second kappa shape index (κ2) is 6.55. The van der Waals surface area contributed by atoms with Crippen LogP contribution in [0.1, 0.15) is 35.6 Å². The van der Waals surface area contributed by atoms with Crippen LogP contribution in [0.5, 0.6) is 0 Å². The molecule has 1 aromatic carbocycles. The van der Waals surface area contributed by atoms with Gasteiger partial charge in [0, 0.05) is 13.0 Å². The molecule has 0 fully saturated rings. The molecule has 3 heteroatoms. The molecule has 0 heterocycles. The fourth-order valence-corrected chi connectivity index (χ4v) is 1.88. The molecule has 0 aliphatic carbocycles. The van der Waals surface area contributed by atoms with Crippen molar-refractivity contribution >= 4 is 5.91 Å². The van der Waals surface area contributed by atoms with Crippen molar-refractivity contribution in [1.29, 1.82) is 0 Å². The lowest BCUT2D eigenvalue weighted by molar-refractivity contribution is -0.122. The van der Waals surface area contributed by atoms with E-state index in [0.29, 0.717) is 19.5 Å². The van der Waals surface area contributed by atoms with Crippen LogP contribution in [0.3, 0.4) is 0 Å². The molecule has 0 saturated heterocycles. The highest BCUT2D eigenvalue weighted by molar-refractivity contribution is 5.76. The highest BCUT2D eigenvalue weighted by Gasteiger charge is 2.08. The molecule has 1 amide bonds. The molecule has 3 nitrogen and oxygen atoms in total. The molecule has 0 radical (unpaired) electrons. The zero-order valence-electron chi connectivity index (χ0n) is 11.8. The van der Waals surface area contributed by atoms with Crippen molar-refractivity contribution in [1.82, 2.24) is 5.32 Å². The zero-order valence-corrected chi connectivity index (χ0v) is 11.8. The van der Waals surface area contributed by atoms with Crippen molar-refractivity contribution in [3.8, 4) is 0 Å². The lowest BCUT2D eigenvalue weighted by atomic mass is 10.0. The van der Waals surface area contributed by atoms with Gasteiger partial charge in [0.25, 0.3) is 0 Å². The third-order valence-corrected chi connectivity index (χ3v) is 3.36. The molecule has 3 N–H and O–H groups in total. The van der Waals surface area contributed by atoms with E-state index in [9.17, 15) is 4.79 Å². The van der Waals surface area contributed by atoms with Crippen LogP contribution in [0.25, 0.3) is 0 Å². The van der Waals surface area contributed by atoms with Crippen LogP contribution in [-0.2, 0) is 11.3 Å². The molecule has 0 bridgehead atoms. The van der Waals surface area contributed by atoms with Gasteiger partial charge in [0.2, 0.25) is 5.91 Å². The van der Waals surface area contributed by atoms with Crippen molar-refractivity contribution in [3.05, 3.63) is 34.4 Å². The summed E-state index contributed by atoms with van der Waals surface area (Å²) in [6.07, 6.45) is 0.500. The highest BCUT2D eigenvalue weighted by atomic mass is 16.1. The molecule has 1 aromatic rings. The lowest BCUT2D eigenvalue weighted by Crippen LogP contribution is -2.27. The molecule has 0 aliphatic heterocycles. The van der Waals surface area contributed by atoms with Gasteiger partial charge < -0.3 is 11.1 Å². The predicted molar refractivity (Wildman–Crippen MR) is 75.3 cm³/mol. The Bertz CT molecular complexity index is 427. The van der Waals surface area contributed by atoms with Crippen molar-refractivity contribution in [2.24, 2.45) is 11.7 Å². The monoisotopic (exact) mass is 248 g/mol. The van der Waals surface area contributed by atoms with Gasteiger partial charge in [-0.05, 0) is 55.5 Å². The number of hydrogen-bond donors (Lipinski definition) is 2. The maximum absolute atomic E-state index is 11.7. The predicted octanol–water partition coefficient (Wildman–Crippen LogP) is 2.21. The van der Waals surface area contributed by atoms with Crippen LogP contribution in [0.2, 0.25) is 0 Å². The molecule has 0 aromatic heterocycles. The standard InChI is InChI=1S/C15H24N2O/c1-10(8-16)5-15(18)17-9-14-7-12(3)11(2)6-13(14)4/h6-7,10H,5,8-9,16H2,1-4H3,(H,17,18). The van der Waals surface area contributed by atoms with Crippen LogP contribution >= 0.6 is 0 Å². The topological polar surface area (TPSA) is 55.1 Å². The number of nitrogens with one attached hydrogen (secondary N) is 1. The SMILES string of the molecule is Cc1cc(C)c(CNC(=O)CC(C)CN)cc1C. The van der Waals surface area contributed by atoms with Gasteiger partial charge in [0.15, 0.2) is 0 Å². The zero-order chi connectivity index (χ0) is 13.7. The summed E-state index contributed by atoms with van der Waals surface area (Å²) < 4.78 is 0. The number of benzene rings is 1. The number of carbonyl (C=O) groups is 1. The van der Waals surface area contributed by atoms with Crippen molar-refractivity contribution < 1.29 is 4.79 Å². The van der Waals surface area contributed by atoms with E-state index in [-0.39, 0.29) is 11.8 Å². The first-order chi connectivity index (χ1) is 8.43. The van der Waals surface area contributed by atoms with Crippen molar-refractivity contribution in [2.75, 3.05) is 6.54 Å². The van der Waals surface area contributed by atoms with Gasteiger partial charge in [-0.15, -0.1) is 0 Å². The summed E-state index contributed by atoms with van der Waals surface area (Å²) in [6.45, 7) is 9.42. The minimum atomic E-state index is 0.0746. The number of rotatable bonds is 5. The second-order valence-corrected chi connectivity index (χ2v) is 5.18. The van der Waals surface area contributed by atoms with Crippen LogP contribution in [-0.4, -0.2) is 12.5 Å².